The van der Waals surface area contributed by atoms with Gasteiger partial charge in [-0.1, -0.05) is 0 Å². The van der Waals surface area contributed by atoms with Gasteiger partial charge >= 0.3 is 0 Å². The predicted molar refractivity (Wildman–Crippen MR) is 49.3 cm³/mol. The molecular formula is C9H9N3O. The summed E-state index contributed by atoms with van der Waals surface area (Å²) < 4.78 is 0. The Morgan fingerprint density at radius 1 is 1.54 bits per heavy atom. The fourth-order valence-electron chi connectivity index (χ4n) is 1.43. The van der Waals surface area contributed by atoms with Crippen LogP contribution in [0.25, 0.3) is 10.9 Å². The average molecular weight is 175 g/mol. The van der Waals surface area contributed by atoms with E-state index in [-0.39, 0.29) is 0 Å². The highest BCUT2D eigenvalue weighted by Gasteiger charge is 2.08. The number of benzene rings is 1. The summed E-state index contributed by atoms with van der Waals surface area (Å²) in [6.45, 7) is 1.86. The molecule has 4 nitrogen and oxygen atoms in total. The van der Waals surface area contributed by atoms with E-state index in [4.69, 9.17) is 5.73 Å². The molecule has 0 spiro atoms. The number of rotatable bonds is 1. The molecule has 0 atom stereocenters. The zero-order chi connectivity index (χ0) is 9.42. The van der Waals surface area contributed by atoms with Crippen molar-refractivity contribution in [1.29, 1.82) is 0 Å². The molecule has 0 bridgehead atoms. The standard InChI is InChI=1S/C9H9N3O/c1-5-6(9(10)13)2-3-8-7(5)4-11-12-8/h2-4H,1H3,(H2,10,13)(H,11,12). The molecule has 0 aliphatic heterocycles. The van der Waals surface area contributed by atoms with E-state index in [1.165, 1.54) is 0 Å². The molecule has 0 aliphatic carbocycles. The van der Waals surface area contributed by atoms with Gasteiger partial charge in [0.1, 0.15) is 0 Å². The number of fused-ring (bicyclic) bond motifs is 1. The number of H-pyrrole nitrogens is 1. The van der Waals surface area contributed by atoms with Crippen LogP contribution in [0.3, 0.4) is 0 Å². The number of aryl methyl sites for hydroxylation is 1. The molecule has 1 aromatic heterocycles. The van der Waals surface area contributed by atoms with Crippen molar-refractivity contribution >= 4 is 16.8 Å². The third-order valence-electron chi connectivity index (χ3n) is 2.15. The van der Waals surface area contributed by atoms with E-state index in [1.54, 1.807) is 18.3 Å². The molecular weight excluding hydrogens is 166 g/mol. The van der Waals surface area contributed by atoms with Gasteiger partial charge in [-0.15, -0.1) is 0 Å². The van der Waals surface area contributed by atoms with E-state index in [0.29, 0.717) is 5.56 Å². The van der Waals surface area contributed by atoms with E-state index in [2.05, 4.69) is 10.2 Å². The van der Waals surface area contributed by atoms with E-state index in [1.807, 2.05) is 6.92 Å². The molecule has 2 rings (SSSR count). The first-order chi connectivity index (χ1) is 6.20. The van der Waals surface area contributed by atoms with Gasteiger partial charge in [-0.2, -0.15) is 5.10 Å². The van der Waals surface area contributed by atoms with Crippen molar-refractivity contribution in [3.63, 3.8) is 0 Å². The summed E-state index contributed by atoms with van der Waals surface area (Å²) in [5.74, 6) is -0.402. The number of aromatic nitrogens is 2. The number of nitrogens with two attached hydrogens (primary N) is 1. The molecule has 1 aromatic carbocycles. The van der Waals surface area contributed by atoms with Crippen LogP contribution >= 0.6 is 0 Å². The molecule has 13 heavy (non-hydrogen) atoms. The zero-order valence-corrected chi connectivity index (χ0v) is 7.16. The van der Waals surface area contributed by atoms with Crippen LogP contribution in [0.15, 0.2) is 18.3 Å². The van der Waals surface area contributed by atoms with E-state index in [9.17, 15) is 4.79 Å². The van der Waals surface area contributed by atoms with Gasteiger partial charge in [0, 0.05) is 17.1 Å². The summed E-state index contributed by atoms with van der Waals surface area (Å²) in [6, 6.07) is 3.47. The quantitative estimate of drug-likeness (QED) is 0.677. The van der Waals surface area contributed by atoms with Gasteiger partial charge in [-0.25, -0.2) is 0 Å². The third kappa shape index (κ3) is 1.07. The van der Waals surface area contributed by atoms with Crippen molar-refractivity contribution in [2.75, 3.05) is 0 Å². The van der Waals surface area contributed by atoms with Crippen LogP contribution in [0, 0.1) is 6.92 Å². The first-order valence-electron chi connectivity index (χ1n) is 3.93. The molecule has 0 fully saturated rings. The minimum absolute atomic E-state index is 0.402. The van der Waals surface area contributed by atoms with Crippen LogP contribution in [0.1, 0.15) is 15.9 Å². The molecule has 66 valence electrons. The highest BCUT2D eigenvalue weighted by Crippen LogP contribution is 2.18. The molecule has 1 heterocycles. The lowest BCUT2D eigenvalue weighted by Gasteiger charge is -2.00. The third-order valence-corrected chi connectivity index (χ3v) is 2.15. The first-order valence-corrected chi connectivity index (χ1v) is 3.93. The van der Waals surface area contributed by atoms with Crippen molar-refractivity contribution < 1.29 is 4.79 Å². The highest BCUT2D eigenvalue weighted by molar-refractivity contribution is 5.99. The molecule has 0 saturated heterocycles. The second kappa shape index (κ2) is 2.58. The molecule has 0 unspecified atom stereocenters. The van der Waals surface area contributed by atoms with E-state index >= 15 is 0 Å². The van der Waals surface area contributed by atoms with Crippen molar-refractivity contribution in [1.82, 2.24) is 10.2 Å². The Labute approximate surface area is 74.7 Å². The summed E-state index contributed by atoms with van der Waals surface area (Å²) in [5.41, 5.74) is 7.48. The number of carbonyl (C=O) groups excluding carboxylic acids is 1. The van der Waals surface area contributed by atoms with Gasteiger partial charge in [0.15, 0.2) is 0 Å². The molecule has 1 amide bonds. The minimum atomic E-state index is -0.402. The first kappa shape index (κ1) is 7.79. The predicted octanol–water partition coefficient (Wildman–Crippen LogP) is 0.970. The second-order valence-corrected chi connectivity index (χ2v) is 2.92. The Morgan fingerprint density at radius 2 is 2.31 bits per heavy atom. The molecule has 4 heteroatoms. The number of carbonyl (C=O) groups is 1. The summed E-state index contributed by atoms with van der Waals surface area (Å²) in [4.78, 5) is 11.0. The fraction of sp³-hybridized carbons (Fsp3) is 0.111. The van der Waals surface area contributed by atoms with Gasteiger partial charge < -0.3 is 5.73 Å². The van der Waals surface area contributed by atoms with Crippen LogP contribution in [-0.2, 0) is 0 Å². The number of amides is 1. The Morgan fingerprint density at radius 3 is 3.00 bits per heavy atom. The summed E-state index contributed by atoms with van der Waals surface area (Å²) >= 11 is 0. The zero-order valence-electron chi connectivity index (χ0n) is 7.16. The lowest BCUT2D eigenvalue weighted by Crippen LogP contribution is -2.12. The second-order valence-electron chi connectivity index (χ2n) is 2.92. The monoisotopic (exact) mass is 175 g/mol. The number of nitrogens with one attached hydrogen (secondary N) is 1. The lowest BCUT2D eigenvalue weighted by molar-refractivity contribution is 0.1000. The minimum Gasteiger partial charge on any atom is -0.366 e. The Kier molecular flexibility index (Phi) is 1.55. The van der Waals surface area contributed by atoms with Crippen LogP contribution in [0.4, 0.5) is 0 Å². The van der Waals surface area contributed by atoms with E-state index in [0.717, 1.165) is 16.5 Å². The molecule has 2 aromatic rings. The number of hydrogen-bond donors (Lipinski definition) is 2. The van der Waals surface area contributed by atoms with Gasteiger partial charge in [0.2, 0.25) is 5.91 Å². The van der Waals surface area contributed by atoms with Crippen molar-refractivity contribution in [2.24, 2.45) is 5.73 Å². The van der Waals surface area contributed by atoms with Crippen LogP contribution in [0.5, 0.6) is 0 Å². The molecule has 0 saturated carbocycles. The Balaban J connectivity index is 2.80. The molecule has 0 aliphatic rings. The van der Waals surface area contributed by atoms with Gasteiger partial charge in [-0.3, -0.25) is 9.89 Å². The fourth-order valence-corrected chi connectivity index (χ4v) is 1.43. The Hall–Kier alpha value is -1.84. The largest absolute Gasteiger partial charge is 0.366 e. The average Bonchev–Trinajstić information content (AvgIpc) is 2.52. The van der Waals surface area contributed by atoms with Gasteiger partial charge in [0.05, 0.1) is 5.52 Å². The number of primary amides is 1. The number of nitrogens with zero attached hydrogens (tertiary/aromatic N) is 1. The highest BCUT2D eigenvalue weighted by atomic mass is 16.1. The van der Waals surface area contributed by atoms with Crippen molar-refractivity contribution in [3.05, 3.63) is 29.5 Å². The summed E-state index contributed by atoms with van der Waals surface area (Å²) in [5, 5.41) is 7.69. The maximum absolute atomic E-state index is 11.0. The van der Waals surface area contributed by atoms with Crippen LogP contribution < -0.4 is 5.73 Å². The molecule has 0 radical (unpaired) electrons. The lowest BCUT2D eigenvalue weighted by atomic mass is 10.0. The molecule has 3 N–H and O–H groups in total. The Bertz CT molecular complexity index is 473. The van der Waals surface area contributed by atoms with Crippen molar-refractivity contribution in [3.8, 4) is 0 Å². The van der Waals surface area contributed by atoms with Crippen molar-refractivity contribution in [2.45, 2.75) is 6.92 Å². The smallest absolute Gasteiger partial charge is 0.248 e. The van der Waals surface area contributed by atoms with Crippen LogP contribution in [0.2, 0.25) is 0 Å². The summed E-state index contributed by atoms with van der Waals surface area (Å²) in [7, 11) is 0. The maximum Gasteiger partial charge on any atom is 0.248 e. The maximum atomic E-state index is 11.0. The van der Waals surface area contributed by atoms with E-state index < -0.39 is 5.91 Å². The number of aromatic amines is 1. The van der Waals surface area contributed by atoms with Crippen LogP contribution in [-0.4, -0.2) is 16.1 Å². The normalized spacial score (nSPS) is 10.5. The van der Waals surface area contributed by atoms with Gasteiger partial charge in [0.25, 0.3) is 0 Å². The topological polar surface area (TPSA) is 71.8 Å². The SMILES string of the molecule is Cc1c(C(N)=O)ccc2n[nH]cc12. The number of hydrogen-bond acceptors (Lipinski definition) is 2. The van der Waals surface area contributed by atoms with Gasteiger partial charge in [-0.05, 0) is 24.6 Å². The summed E-state index contributed by atoms with van der Waals surface area (Å²) in [6.07, 6.45) is 1.76.